The van der Waals surface area contributed by atoms with Gasteiger partial charge in [0.1, 0.15) is 6.07 Å². The summed E-state index contributed by atoms with van der Waals surface area (Å²) in [6.07, 6.45) is 0.277. The Hall–Kier alpha value is -2.12. The summed E-state index contributed by atoms with van der Waals surface area (Å²) in [5.41, 5.74) is 1.93. The molecule has 0 aliphatic carbocycles. The molecule has 0 aliphatic rings. The highest BCUT2D eigenvalue weighted by molar-refractivity contribution is 9.10. The van der Waals surface area contributed by atoms with Gasteiger partial charge < -0.3 is 5.32 Å². The number of amides is 1. The van der Waals surface area contributed by atoms with Gasteiger partial charge in [0.2, 0.25) is 5.91 Å². The number of anilines is 1. The van der Waals surface area contributed by atoms with E-state index in [-0.39, 0.29) is 12.3 Å². The van der Waals surface area contributed by atoms with Crippen LogP contribution in [0.2, 0.25) is 0 Å². The van der Waals surface area contributed by atoms with Crippen LogP contribution in [-0.2, 0) is 11.2 Å². The third kappa shape index (κ3) is 3.67. The van der Waals surface area contributed by atoms with E-state index < -0.39 is 0 Å². The van der Waals surface area contributed by atoms with Gasteiger partial charge in [-0.05, 0) is 29.8 Å². The second kappa shape index (κ2) is 6.17. The average Bonchev–Trinajstić information content (AvgIpc) is 2.39. The molecule has 0 bridgehead atoms. The molecule has 0 fully saturated rings. The van der Waals surface area contributed by atoms with Crippen molar-refractivity contribution in [3.8, 4) is 6.07 Å². The number of hydrogen-bond donors (Lipinski definition) is 1. The van der Waals surface area contributed by atoms with Crippen molar-refractivity contribution < 1.29 is 4.79 Å². The monoisotopic (exact) mass is 314 g/mol. The summed E-state index contributed by atoms with van der Waals surface area (Å²) in [7, 11) is 0. The molecule has 2 aromatic carbocycles. The van der Waals surface area contributed by atoms with Crippen LogP contribution >= 0.6 is 15.9 Å². The van der Waals surface area contributed by atoms with E-state index in [9.17, 15) is 4.79 Å². The highest BCUT2D eigenvalue weighted by Gasteiger charge is 2.07. The van der Waals surface area contributed by atoms with Gasteiger partial charge in [0, 0.05) is 4.47 Å². The van der Waals surface area contributed by atoms with Crippen LogP contribution in [0.4, 0.5) is 5.69 Å². The molecule has 2 rings (SSSR count). The van der Waals surface area contributed by atoms with Crippen LogP contribution in [0.15, 0.2) is 53.0 Å². The predicted molar refractivity (Wildman–Crippen MR) is 77.6 cm³/mol. The molecular weight excluding hydrogens is 304 g/mol. The van der Waals surface area contributed by atoms with Crippen LogP contribution in [0.5, 0.6) is 0 Å². The lowest BCUT2D eigenvalue weighted by molar-refractivity contribution is -0.115. The Morgan fingerprint density at radius 2 is 2.00 bits per heavy atom. The number of nitrogens with zero attached hydrogens (tertiary/aromatic N) is 1. The maximum absolute atomic E-state index is 11.9. The van der Waals surface area contributed by atoms with E-state index in [0.29, 0.717) is 11.3 Å². The van der Waals surface area contributed by atoms with Crippen LogP contribution in [0.1, 0.15) is 11.1 Å². The van der Waals surface area contributed by atoms with Crippen LogP contribution < -0.4 is 5.32 Å². The lowest BCUT2D eigenvalue weighted by atomic mass is 10.1. The lowest BCUT2D eigenvalue weighted by Crippen LogP contribution is -2.15. The summed E-state index contributed by atoms with van der Waals surface area (Å²) in [5.74, 6) is -0.138. The van der Waals surface area contributed by atoms with Crippen molar-refractivity contribution in [3.63, 3.8) is 0 Å². The summed E-state index contributed by atoms with van der Waals surface area (Å²) in [6, 6.07) is 16.6. The van der Waals surface area contributed by atoms with E-state index in [0.717, 1.165) is 10.0 Å². The first kappa shape index (κ1) is 13.3. The van der Waals surface area contributed by atoms with Gasteiger partial charge in [-0.25, -0.2) is 0 Å². The number of benzene rings is 2. The SMILES string of the molecule is N#Cc1ccccc1NC(=O)Cc1cccc(Br)c1. The van der Waals surface area contributed by atoms with E-state index >= 15 is 0 Å². The average molecular weight is 315 g/mol. The molecule has 0 radical (unpaired) electrons. The highest BCUT2D eigenvalue weighted by atomic mass is 79.9. The molecule has 0 unspecified atom stereocenters. The number of halogens is 1. The minimum absolute atomic E-state index is 0.138. The fourth-order valence-corrected chi connectivity index (χ4v) is 2.16. The molecule has 1 amide bonds. The molecule has 19 heavy (non-hydrogen) atoms. The molecule has 1 N–H and O–H groups in total. The Morgan fingerprint density at radius 1 is 1.21 bits per heavy atom. The molecule has 0 spiro atoms. The first-order valence-electron chi connectivity index (χ1n) is 5.72. The second-order valence-corrected chi connectivity index (χ2v) is 4.93. The first-order valence-corrected chi connectivity index (χ1v) is 6.52. The Labute approximate surface area is 120 Å². The molecule has 0 saturated carbocycles. The standard InChI is InChI=1S/C15H11BrN2O/c16-13-6-3-4-11(8-13)9-15(19)18-14-7-2-1-5-12(14)10-17/h1-8H,9H2,(H,18,19). The molecule has 3 nitrogen and oxygen atoms in total. The third-order valence-electron chi connectivity index (χ3n) is 2.58. The fraction of sp³-hybridized carbons (Fsp3) is 0.0667. The number of nitrogens with one attached hydrogen (secondary N) is 1. The van der Waals surface area contributed by atoms with Gasteiger partial charge in [-0.15, -0.1) is 0 Å². The van der Waals surface area contributed by atoms with E-state index in [1.807, 2.05) is 24.3 Å². The maximum Gasteiger partial charge on any atom is 0.228 e. The zero-order valence-electron chi connectivity index (χ0n) is 10.1. The van der Waals surface area contributed by atoms with E-state index in [2.05, 4.69) is 27.3 Å². The third-order valence-corrected chi connectivity index (χ3v) is 3.07. The zero-order chi connectivity index (χ0) is 13.7. The van der Waals surface area contributed by atoms with Gasteiger partial charge >= 0.3 is 0 Å². The van der Waals surface area contributed by atoms with Crippen LogP contribution in [0.25, 0.3) is 0 Å². The summed E-state index contributed by atoms with van der Waals surface area (Å²) in [4.78, 5) is 11.9. The predicted octanol–water partition coefficient (Wildman–Crippen LogP) is 3.50. The van der Waals surface area contributed by atoms with Crippen LogP contribution in [-0.4, -0.2) is 5.91 Å². The number of para-hydroxylation sites is 1. The molecular formula is C15H11BrN2O. The van der Waals surface area contributed by atoms with Crippen LogP contribution in [0, 0.1) is 11.3 Å². The fourth-order valence-electron chi connectivity index (χ4n) is 1.72. The minimum Gasteiger partial charge on any atom is -0.325 e. The van der Waals surface area contributed by atoms with Crippen molar-refractivity contribution in [2.75, 3.05) is 5.32 Å². The van der Waals surface area contributed by atoms with E-state index in [4.69, 9.17) is 5.26 Å². The topological polar surface area (TPSA) is 52.9 Å². The molecule has 0 aromatic heterocycles. The lowest BCUT2D eigenvalue weighted by Gasteiger charge is -2.07. The maximum atomic E-state index is 11.9. The van der Waals surface area contributed by atoms with Gasteiger partial charge in [0.25, 0.3) is 0 Å². The van der Waals surface area contributed by atoms with Crippen molar-refractivity contribution in [2.24, 2.45) is 0 Å². The number of carbonyl (C=O) groups is 1. The summed E-state index contributed by atoms with van der Waals surface area (Å²) in [5, 5.41) is 11.7. The molecule has 0 saturated heterocycles. The Kier molecular flexibility index (Phi) is 4.32. The quantitative estimate of drug-likeness (QED) is 0.942. The summed E-state index contributed by atoms with van der Waals surface area (Å²) in [6.45, 7) is 0. The van der Waals surface area contributed by atoms with Crippen molar-refractivity contribution >= 4 is 27.5 Å². The van der Waals surface area contributed by atoms with Crippen LogP contribution in [0.3, 0.4) is 0 Å². The molecule has 4 heteroatoms. The number of nitriles is 1. The Balaban J connectivity index is 2.08. The minimum atomic E-state index is -0.138. The van der Waals surface area contributed by atoms with Gasteiger partial charge in [0.05, 0.1) is 17.7 Å². The zero-order valence-corrected chi connectivity index (χ0v) is 11.6. The first-order chi connectivity index (χ1) is 9.19. The van der Waals surface area contributed by atoms with Gasteiger partial charge in [-0.1, -0.05) is 40.2 Å². The van der Waals surface area contributed by atoms with Gasteiger partial charge in [-0.2, -0.15) is 5.26 Å². The number of hydrogen-bond acceptors (Lipinski definition) is 2. The smallest absolute Gasteiger partial charge is 0.228 e. The van der Waals surface area contributed by atoms with Gasteiger partial charge in [-0.3, -0.25) is 4.79 Å². The molecule has 94 valence electrons. The van der Waals surface area contributed by atoms with Crippen molar-refractivity contribution in [1.29, 1.82) is 5.26 Å². The van der Waals surface area contributed by atoms with E-state index in [1.54, 1.807) is 24.3 Å². The van der Waals surface area contributed by atoms with Crippen molar-refractivity contribution in [3.05, 3.63) is 64.1 Å². The summed E-state index contributed by atoms with van der Waals surface area (Å²) < 4.78 is 0.940. The normalized spacial score (nSPS) is 9.68. The molecule has 0 heterocycles. The largest absolute Gasteiger partial charge is 0.325 e. The van der Waals surface area contributed by atoms with Crippen molar-refractivity contribution in [2.45, 2.75) is 6.42 Å². The Bertz CT molecular complexity index is 647. The van der Waals surface area contributed by atoms with Crippen molar-refractivity contribution in [1.82, 2.24) is 0 Å². The molecule has 0 aliphatic heterocycles. The van der Waals surface area contributed by atoms with E-state index in [1.165, 1.54) is 0 Å². The molecule has 0 atom stereocenters. The Morgan fingerprint density at radius 3 is 2.74 bits per heavy atom. The van der Waals surface area contributed by atoms with Gasteiger partial charge in [0.15, 0.2) is 0 Å². The molecule has 2 aromatic rings. The number of rotatable bonds is 3. The number of carbonyl (C=O) groups excluding carboxylic acids is 1. The summed E-state index contributed by atoms with van der Waals surface area (Å²) >= 11 is 3.37. The highest BCUT2D eigenvalue weighted by Crippen LogP contribution is 2.15. The second-order valence-electron chi connectivity index (χ2n) is 4.01.